The van der Waals surface area contributed by atoms with Crippen LogP contribution in [-0.4, -0.2) is 35.5 Å². The number of Topliss-reactive ketones (excluding diaryl/α,β-unsaturated/α-hetero) is 1. The second-order valence-corrected chi connectivity index (χ2v) is 9.60. The number of nitrogens with two attached hydrogens (primary N) is 2. The maximum atomic E-state index is 14.6. The molecule has 0 heterocycles. The van der Waals surface area contributed by atoms with Crippen LogP contribution in [0.1, 0.15) is 24.2 Å². The minimum atomic E-state index is -1.84. The van der Waals surface area contributed by atoms with Gasteiger partial charge in [0.15, 0.2) is 13.2 Å². The number of ketones is 1. The van der Waals surface area contributed by atoms with E-state index in [1.54, 1.807) is 42.5 Å². The lowest BCUT2D eigenvalue weighted by atomic mass is 9.98. The van der Waals surface area contributed by atoms with Gasteiger partial charge in [0.25, 0.3) is 5.91 Å². The van der Waals surface area contributed by atoms with Gasteiger partial charge in [0.1, 0.15) is 11.9 Å². The third-order valence-corrected chi connectivity index (χ3v) is 6.92. The Balaban J connectivity index is 1.72. The molecule has 0 spiro atoms. The summed E-state index contributed by atoms with van der Waals surface area (Å²) in [6.07, 6.45) is 0. The molecule has 5 rings (SSSR count). The molecule has 0 fully saturated rings. The Kier molecular flexibility index (Phi) is 6.77. The largest absolute Gasteiger partial charge is 0.384 e. The maximum absolute atomic E-state index is 14.6. The molecular weight excluding hydrogens is 514 g/mol. The molecule has 0 aliphatic heterocycles. The molecule has 8 heteroatoms. The molecular formula is C33H29N5O3. The van der Waals surface area contributed by atoms with Crippen LogP contribution in [0.3, 0.4) is 0 Å². The van der Waals surface area contributed by atoms with E-state index in [1.807, 2.05) is 42.5 Å². The Morgan fingerprint density at radius 1 is 0.829 bits per heavy atom. The normalized spacial score (nSPS) is 13.1. The van der Waals surface area contributed by atoms with E-state index in [1.165, 1.54) is 25.1 Å². The number of anilines is 2. The molecule has 1 unspecified atom stereocenters. The van der Waals surface area contributed by atoms with Crippen LogP contribution in [0, 0.1) is 5.41 Å². The summed E-state index contributed by atoms with van der Waals surface area (Å²) in [6.45, 7) is 1.45. The highest BCUT2D eigenvalue weighted by Gasteiger charge is 2.36. The number of benzene rings is 5. The van der Waals surface area contributed by atoms with Gasteiger partial charge in [-0.3, -0.25) is 24.7 Å². The van der Waals surface area contributed by atoms with E-state index in [0.29, 0.717) is 11.1 Å². The summed E-state index contributed by atoms with van der Waals surface area (Å²) in [5.74, 6) is -2.99. The second-order valence-electron chi connectivity index (χ2n) is 9.60. The fourth-order valence-corrected chi connectivity index (χ4v) is 4.73. The Bertz CT molecular complexity index is 1910. The number of nitrogens with one attached hydrogen (secondary N) is 2. The highest BCUT2D eigenvalue weighted by Crippen LogP contribution is 2.28. The Hall–Kier alpha value is -5.50. The lowest BCUT2D eigenvalue weighted by molar-refractivity contribution is -0.124. The zero-order valence-corrected chi connectivity index (χ0v) is 22.2. The summed E-state index contributed by atoms with van der Waals surface area (Å²) in [6, 6.07) is 25.9. The summed E-state index contributed by atoms with van der Waals surface area (Å²) >= 11 is 0. The monoisotopic (exact) mass is 545 g/mol. The quantitative estimate of drug-likeness (QED) is 0.0907. The molecule has 0 bridgehead atoms. The van der Waals surface area contributed by atoms with Gasteiger partial charge in [-0.2, -0.15) is 0 Å². The highest BCUT2D eigenvalue weighted by molar-refractivity contribution is 6.21. The van der Waals surface area contributed by atoms with Gasteiger partial charge in [-0.05, 0) is 47.3 Å². The molecule has 2 atom stereocenters. The average molecular weight is 546 g/mol. The van der Waals surface area contributed by atoms with E-state index in [-0.39, 0.29) is 22.9 Å². The number of carbonyl (C=O) groups is 3. The number of nitrogen functional groups attached to an aromatic ring is 1. The molecule has 5 aromatic carbocycles. The number of hydrogen-bond donors (Lipinski definition) is 4. The fraction of sp³-hybridized carbons (Fsp3) is 0.0909. The van der Waals surface area contributed by atoms with Crippen LogP contribution in [0.2, 0.25) is 1.41 Å². The summed E-state index contributed by atoms with van der Waals surface area (Å²) in [5, 5.41) is 11.7. The van der Waals surface area contributed by atoms with E-state index < -0.39 is 35.5 Å². The van der Waals surface area contributed by atoms with Crippen molar-refractivity contribution in [3.05, 3.63) is 120 Å². The van der Waals surface area contributed by atoms with Crippen molar-refractivity contribution in [2.75, 3.05) is 10.2 Å². The first-order valence-electron chi connectivity index (χ1n) is 13.9. The smallest absolute Gasteiger partial charge is 0.258 e. The number of amidine groups is 1. The van der Waals surface area contributed by atoms with E-state index in [4.69, 9.17) is 18.2 Å². The van der Waals surface area contributed by atoms with Crippen LogP contribution in [0.25, 0.3) is 21.5 Å². The number of hydrogen-bond acceptors (Lipinski definition) is 5. The average Bonchev–Trinajstić information content (AvgIpc) is 3.00. The molecule has 0 saturated heterocycles. The van der Waals surface area contributed by atoms with Crippen LogP contribution in [0.4, 0.5) is 11.4 Å². The van der Waals surface area contributed by atoms with Crippen molar-refractivity contribution in [1.29, 1.82) is 5.41 Å². The molecule has 5 aromatic rings. The standard InChI is InChI=1S/C33H29N5O3/c1-20(32(36)40)38(26-17-16-21-8-2-3-10-23(21)19-26)33(41)29(30(39)24-12-6-13-25(18-24)31(34)35)37-28-15-7-11-22-9-4-5-14-27(22)28/h2-20,29,37H,1H3,(H3,34,35)(H2,36,40)/t20-,29?/m0/s1/i18D/hD. The Morgan fingerprint density at radius 3 is 2.20 bits per heavy atom. The zero-order valence-electron chi connectivity index (χ0n) is 24.2. The van der Waals surface area contributed by atoms with Crippen LogP contribution in [0.15, 0.2) is 109 Å². The summed E-state index contributed by atoms with van der Waals surface area (Å²) in [7, 11) is 0. The molecule has 41 heavy (non-hydrogen) atoms. The lowest BCUT2D eigenvalue weighted by Crippen LogP contribution is -2.54. The van der Waals surface area contributed by atoms with Crippen LogP contribution >= 0.6 is 0 Å². The van der Waals surface area contributed by atoms with Gasteiger partial charge < -0.3 is 16.8 Å². The molecule has 204 valence electrons. The van der Waals surface area contributed by atoms with Gasteiger partial charge in [-0.25, -0.2) is 0 Å². The van der Waals surface area contributed by atoms with E-state index in [9.17, 15) is 15.8 Å². The highest BCUT2D eigenvalue weighted by atomic mass is 16.2. The third kappa shape index (κ3) is 5.49. The van der Waals surface area contributed by atoms with Crippen molar-refractivity contribution < 1.29 is 17.2 Å². The summed E-state index contributed by atoms with van der Waals surface area (Å²) in [5.41, 5.74) is 11.7. The van der Waals surface area contributed by atoms with Crippen LogP contribution in [-0.2, 0) is 9.59 Å². The third-order valence-electron chi connectivity index (χ3n) is 6.92. The number of amides is 2. The second kappa shape index (κ2) is 11.3. The van der Waals surface area contributed by atoms with Crippen molar-refractivity contribution in [1.82, 2.24) is 0 Å². The SMILES string of the molecule is [2H]c1c(C(=N)N)cccc1C(=O)C(C(=O)N(c1ccc2ccccc2c1)[C@@H](C)C(N)=O)N([2H])c1cccc2ccccc12. The number of rotatable bonds is 9. The van der Waals surface area contributed by atoms with Gasteiger partial charge in [0.2, 0.25) is 5.91 Å². The van der Waals surface area contributed by atoms with Crippen LogP contribution in [0.5, 0.6) is 0 Å². The molecule has 0 aliphatic rings. The topological polar surface area (TPSA) is 142 Å². The fourth-order valence-electron chi connectivity index (χ4n) is 4.73. The van der Waals surface area contributed by atoms with Crippen molar-refractivity contribution >= 4 is 56.4 Å². The molecule has 6 N–H and O–H groups in total. The first-order chi connectivity index (χ1) is 20.6. The number of primary amides is 1. The molecule has 0 radical (unpaired) electrons. The number of carbonyl (C=O) groups excluding carboxylic acids is 3. The minimum Gasteiger partial charge on any atom is -0.384 e. The van der Waals surface area contributed by atoms with Gasteiger partial charge in [0, 0.05) is 27.9 Å². The van der Waals surface area contributed by atoms with Crippen LogP contribution < -0.4 is 21.7 Å². The van der Waals surface area contributed by atoms with Crippen molar-refractivity contribution in [2.24, 2.45) is 11.5 Å². The summed E-state index contributed by atoms with van der Waals surface area (Å²) in [4.78, 5) is 42.6. The molecule has 8 nitrogen and oxygen atoms in total. The van der Waals surface area contributed by atoms with E-state index in [0.717, 1.165) is 26.4 Å². The van der Waals surface area contributed by atoms with E-state index >= 15 is 0 Å². The molecule has 0 aromatic heterocycles. The molecule has 0 saturated carbocycles. The molecule has 0 aliphatic carbocycles. The molecule has 2 amide bonds. The maximum Gasteiger partial charge on any atom is 0.258 e. The summed E-state index contributed by atoms with van der Waals surface area (Å²) < 4.78 is 17.8. The van der Waals surface area contributed by atoms with E-state index in [2.05, 4.69) is 0 Å². The van der Waals surface area contributed by atoms with Gasteiger partial charge in [0.05, 0.1) is 1.37 Å². The van der Waals surface area contributed by atoms with Gasteiger partial charge in [-0.15, -0.1) is 0 Å². The van der Waals surface area contributed by atoms with Crippen molar-refractivity contribution in [3.63, 3.8) is 0 Å². The Morgan fingerprint density at radius 2 is 1.46 bits per heavy atom. The Labute approximate surface area is 239 Å². The van der Waals surface area contributed by atoms with Crippen molar-refractivity contribution in [2.45, 2.75) is 19.0 Å². The lowest BCUT2D eigenvalue weighted by Gasteiger charge is -2.31. The zero-order chi connectivity index (χ0) is 30.8. The first-order valence-corrected chi connectivity index (χ1v) is 13.0. The van der Waals surface area contributed by atoms with Gasteiger partial charge in [-0.1, -0.05) is 84.9 Å². The number of fused-ring (bicyclic) bond motifs is 2. The van der Waals surface area contributed by atoms with Crippen molar-refractivity contribution in [3.8, 4) is 0 Å². The predicted octanol–water partition coefficient (Wildman–Crippen LogP) is 4.85. The first kappa shape index (κ1) is 24.5. The number of nitrogens with zero attached hydrogens (tertiary/aromatic N) is 1. The van der Waals surface area contributed by atoms with Gasteiger partial charge >= 0.3 is 0 Å². The predicted molar refractivity (Wildman–Crippen MR) is 163 cm³/mol. The minimum absolute atomic E-state index is 0.00984.